The van der Waals surface area contributed by atoms with Gasteiger partial charge in [-0.3, -0.25) is 4.79 Å². The number of amides is 1. The van der Waals surface area contributed by atoms with Crippen molar-refractivity contribution in [3.63, 3.8) is 0 Å². The van der Waals surface area contributed by atoms with Crippen LogP contribution in [0.2, 0.25) is 5.02 Å². The molecule has 0 spiro atoms. The number of hydrogen-bond acceptors (Lipinski definition) is 4. The lowest BCUT2D eigenvalue weighted by molar-refractivity contribution is -0.130. The zero-order valence-corrected chi connectivity index (χ0v) is 16.1. The zero-order chi connectivity index (χ0) is 18.5. The van der Waals surface area contributed by atoms with Crippen LogP contribution in [0.1, 0.15) is 20.3 Å². The lowest BCUT2D eigenvalue weighted by atomic mass is 10.0. The first-order valence-corrected chi connectivity index (χ1v) is 9.59. The maximum atomic E-state index is 12.4. The Kier molecular flexibility index (Phi) is 7.66. The van der Waals surface area contributed by atoms with Crippen LogP contribution in [0.3, 0.4) is 0 Å². The van der Waals surface area contributed by atoms with Gasteiger partial charge < -0.3 is 10.6 Å². The third kappa shape index (κ3) is 5.73. The number of hydrogen-bond donors (Lipinski definition) is 1. The first-order chi connectivity index (χ1) is 11.1. The third-order valence-electron chi connectivity index (χ3n) is 3.96. The van der Waals surface area contributed by atoms with Gasteiger partial charge >= 0.3 is 0 Å². The highest BCUT2D eigenvalue weighted by atomic mass is 35.5. The number of benzene rings is 1. The van der Waals surface area contributed by atoms with Crippen molar-refractivity contribution in [1.29, 1.82) is 0 Å². The lowest BCUT2D eigenvalue weighted by Crippen LogP contribution is -2.41. The maximum Gasteiger partial charge on any atom is 0.243 e. The van der Waals surface area contributed by atoms with Crippen LogP contribution in [0.25, 0.3) is 0 Å². The van der Waals surface area contributed by atoms with Gasteiger partial charge in [0, 0.05) is 31.7 Å². The van der Waals surface area contributed by atoms with Crippen molar-refractivity contribution >= 4 is 27.5 Å². The molecule has 1 unspecified atom stereocenters. The van der Waals surface area contributed by atoms with Crippen LogP contribution in [0.4, 0.5) is 0 Å². The van der Waals surface area contributed by atoms with Crippen LogP contribution in [0, 0.1) is 5.92 Å². The molecule has 1 aromatic carbocycles. The van der Waals surface area contributed by atoms with Gasteiger partial charge in [0.15, 0.2) is 0 Å². The van der Waals surface area contributed by atoms with Gasteiger partial charge in [-0.05, 0) is 36.6 Å². The number of carbonyl (C=O) groups excluding carboxylic acids is 1. The number of sulfonamides is 1. The lowest BCUT2D eigenvalue weighted by Gasteiger charge is -2.24. The van der Waals surface area contributed by atoms with Gasteiger partial charge in [0.05, 0.1) is 11.4 Å². The SMILES string of the molecule is CC(C)C(N)CCN(C)C(=O)CN(C)S(=O)(=O)c1ccc(Cl)cc1. The van der Waals surface area contributed by atoms with Gasteiger partial charge in [0.2, 0.25) is 15.9 Å². The predicted molar refractivity (Wildman–Crippen MR) is 96.3 cm³/mol. The Hall–Kier alpha value is -1.15. The highest BCUT2D eigenvalue weighted by Gasteiger charge is 2.24. The van der Waals surface area contributed by atoms with Gasteiger partial charge in [-0.15, -0.1) is 0 Å². The molecule has 2 N–H and O–H groups in total. The Morgan fingerprint density at radius 3 is 2.25 bits per heavy atom. The van der Waals surface area contributed by atoms with E-state index >= 15 is 0 Å². The Bertz CT molecular complexity index is 647. The zero-order valence-electron chi connectivity index (χ0n) is 14.6. The van der Waals surface area contributed by atoms with E-state index in [2.05, 4.69) is 0 Å². The van der Waals surface area contributed by atoms with Crippen LogP contribution in [0.15, 0.2) is 29.2 Å². The molecule has 1 amide bonds. The summed E-state index contributed by atoms with van der Waals surface area (Å²) in [5, 5.41) is 0.453. The first kappa shape index (κ1) is 20.9. The van der Waals surface area contributed by atoms with Gasteiger partial charge in [-0.25, -0.2) is 8.42 Å². The molecule has 0 radical (unpaired) electrons. The van der Waals surface area contributed by atoms with E-state index in [0.29, 0.717) is 23.9 Å². The molecule has 1 rings (SSSR count). The second-order valence-electron chi connectivity index (χ2n) is 6.23. The van der Waals surface area contributed by atoms with E-state index in [0.717, 1.165) is 4.31 Å². The average molecular weight is 376 g/mol. The Labute approximate surface area is 149 Å². The molecule has 1 atom stereocenters. The molecule has 0 saturated carbocycles. The molecule has 0 aromatic heterocycles. The van der Waals surface area contributed by atoms with E-state index in [1.165, 1.54) is 36.2 Å². The van der Waals surface area contributed by atoms with Crippen molar-refractivity contribution in [2.75, 3.05) is 27.2 Å². The van der Waals surface area contributed by atoms with Crippen molar-refractivity contribution in [3.05, 3.63) is 29.3 Å². The molecule has 0 fully saturated rings. The first-order valence-electron chi connectivity index (χ1n) is 7.77. The number of nitrogens with two attached hydrogens (primary N) is 1. The molecule has 1 aromatic rings. The van der Waals surface area contributed by atoms with Gasteiger partial charge in [-0.2, -0.15) is 4.31 Å². The molecule has 0 aliphatic rings. The number of rotatable bonds is 8. The summed E-state index contributed by atoms with van der Waals surface area (Å²) in [4.78, 5) is 13.8. The minimum absolute atomic E-state index is 0.00998. The van der Waals surface area contributed by atoms with Crippen LogP contribution >= 0.6 is 11.6 Å². The highest BCUT2D eigenvalue weighted by Crippen LogP contribution is 2.17. The van der Waals surface area contributed by atoms with Gasteiger partial charge in [0.25, 0.3) is 0 Å². The highest BCUT2D eigenvalue weighted by molar-refractivity contribution is 7.89. The van der Waals surface area contributed by atoms with Crippen LogP contribution < -0.4 is 5.73 Å². The summed E-state index contributed by atoms with van der Waals surface area (Å²) in [6.07, 6.45) is 0.674. The molecular weight excluding hydrogens is 350 g/mol. The summed E-state index contributed by atoms with van der Waals surface area (Å²) in [7, 11) is -0.691. The Balaban J connectivity index is 2.67. The van der Waals surface area contributed by atoms with E-state index < -0.39 is 10.0 Å². The summed E-state index contributed by atoms with van der Waals surface area (Å²) < 4.78 is 25.9. The minimum Gasteiger partial charge on any atom is -0.345 e. The van der Waals surface area contributed by atoms with Crippen LogP contribution in [0.5, 0.6) is 0 Å². The standard InChI is InChI=1S/C16H26ClN3O3S/c1-12(2)15(18)9-10-19(3)16(21)11-20(4)24(22,23)14-7-5-13(17)6-8-14/h5-8,12,15H,9-11,18H2,1-4H3. The fourth-order valence-corrected chi connectivity index (χ4v) is 3.23. The van der Waals surface area contributed by atoms with E-state index in [9.17, 15) is 13.2 Å². The number of likely N-dealkylation sites (N-methyl/N-ethyl adjacent to an activating group) is 2. The monoisotopic (exact) mass is 375 g/mol. The van der Waals surface area contributed by atoms with Gasteiger partial charge in [0.1, 0.15) is 0 Å². The van der Waals surface area contributed by atoms with Crippen molar-refractivity contribution in [2.45, 2.75) is 31.2 Å². The number of nitrogens with zero attached hydrogens (tertiary/aromatic N) is 2. The van der Waals surface area contributed by atoms with Crippen LogP contribution in [-0.2, 0) is 14.8 Å². The summed E-state index contributed by atoms with van der Waals surface area (Å²) in [5.74, 6) is 0.0625. The fraction of sp³-hybridized carbons (Fsp3) is 0.562. The van der Waals surface area contributed by atoms with Crippen molar-refractivity contribution in [3.8, 4) is 0 Å². The smallest absolute Gasteiger partial charge is 0.243 e. The molecule has 136 valence electrons. The average Bonchev–Trinajstić information content (AvgIpc) is 2.52. The minimum atomic E-state index is -3.73. The van der Waals surface area contributed by atoms with E-state index in [-0.39, 0.29) is 23.4 Å². The fourth-order valence-electron chi connectivity index (χ4n) is 1.98. The summed E-state index contributed by atoms with van der Waals surface area (Å²) in [6.45, 7) is 4.32. The number of carbonyl (C=O) groups is 1. The molecule has 8 heteroatoms. The van der Waals surface area contributed by atoms with Crippen molar-refractivity contribution in [2.24, 2.45) is 11.7 Å². The van der Waals surface area contributed by atoms with E-state index in [4.69, 9.17) is 17.3 Å². The van der Waals surface area contributed by atoms with E-state index in [1.54, 1.807) is 7.05 Å². The molecule has 0 heterocycles. The second-order valence-corrected chi connectivity index (χ2v) is 8.71. The van der Waals surface area contributed by atoms with E-state index in [1.807, 2.05) is 13.8 Å². The Morgan fingerprint density at radius 1 is 1.21 bits per heavy atom. The quantitative estimate of drug-likeness (QED) is 0.750. The molecule has 6 nitrogen and oxygen atoms in total. The summed E-state index contributed by atoms with van der Waals surface area (Å²) >= 11 is 5.77. The maximum absolute atomic E-state index is 12.4. The topological polar surface area (TPSA) is 83.7 Å². The summed E-state index contributed by atoms with van der Waals surface area (Å²) in [6, 6.07) is 5.86. The summed E-state index contributed by atoms with van der Waals surface area (Å²) in [5.41, 5.74) is 5.97. The third-order valence-corrected chi connectivity index (χ3v) is 6.03. The predicted octanol–water partition coefficient (Wildman–Crippen LogP) is 1.79. The molecular formula is C16H26ClN3O3S. The second kappa shape index (κ2) is 8.80. The largest absolute Gasteiger partial charge is 0.345 e. The van der Waals surface area contributed by atoms with Crippen molar-refractivity contribution in [1.82, 2.24) is 9.21 Å². The molecule has 0 aliphatic carbocycles. The molecule has 0 saturated heterocycles. The molecule has 0 aliphatic heterocycles. The normalized spacial score (nSPS) is 13.3. The van der Waals surface area contributed by atoms with Crippen molar-refractivity contribution < 1.29 is 13.2 Å². The Morgan fingerprint density at radius 2 is 1.75 bits per heavy atom. The molecule has 0 bridgehead atoms. The molecule has 24 heavy (non-hydrogen) atoms. The van der Waals surface area contributed by atoms with Gasteiger partial charge in [-0.1, -0.05) is 25.4 Å². The van der Waals surface area contributed by atoms with Crippen LogP contribution in [-0.4, -0.2) is 56.8 Å². The number of halogens is 1.